The van der Waals surface area contributed by atoms with E-state index in [1.807, 2.05) is 31.2 Å². The van der Waals surface area contributed by atoms with Crippen molar-refractivity contribution in [2.45, 2.75) is 37.8 Å². The van der Waals surface area contributed by atoms with Crippen molar-refractivity contribution in [1.82, 2.24) is 25.8 Å². The van der Waals surface area contributed by atoms with Crippen molar-refractivity contribution in [3.8, 4) is 0 Å². The number of hydrogen-bond donors (Lipinski definition) is 3. The summed E-state index contributed by atoms with van der Waals surface area (Å²) >= 11 is 0. The Morgan fingerprint density at radius 1 is 1.15 bits per heavy atom. The Morgan fingerprint density at radius 2 is 1.97 bits per heavy atom. The maximum atomic E-state index is 13.1. The quantitative estimate of drug-likeness (QED) is 0.516. The Labute approximate surface area is 195 Å². The summed E-state index contributed by atoms with van der Waals surface area (Å²) in [6.07, 6.45) is 3.71. The van der Waals surface area contributed by atoms with Gasteiger partial charge in [-0.25, -0.2) is 4.79 Å². The van der Waals surface area contributed by atoms with Gasteiger partial charge in [0.2, 0.25) is 0 Å². The minimum absolute atomic E-state index is 0.0362. The molecule has 3 aliphatic rings. The fraction of sp³-hybridized carbons (Fsp3) is 0.360. The molecule has 9 heteroatoms. The van der Waals surface area contributed by atoms with Crippen LogP contribution in [0.25, 0.3) is 11.0 Å². The molecule has 6 rings (SSSR count). The lowest BCUT2D eigenvalue weighted by molar-refractivity contribution is -0.125. The number of nitrogens with one attached hydrogen (secondary N) is 3. The van der Waals surface area contributed by atoms with Crippen molar-refractivity contribution in [3.63, 3.8) is 0 Å². The van der Waals surface area contributed by atoms with Crippen LogP contribution in [0.3, 0.4) is 0 Å². The fourth-order valence-corrected chi connectivity index (χ4v) is 5.26. The number of furan rings is 1. The van der Waals surface area contributed by atoms with Crippen LogP contribution >= 0.6 is 0 Å². The van der Waals surface area contributed by atoms with Crippen molar-refractivity contribution in [3.05, 3.63) is 64.7 Å². The van der Waals surface area contributed by atoms with E-state index in [1.54, 1.807) is 17.2 Å². The number of hydrogen-bond acceptors (Lipinski definition) is 6. The Hall–Kier alpha value is -3.72. The average molecular weight is 460 g/mol. The van der Waals surface area contributed by atoms with E-state index in [2.05, 4.69) is 20.9 Å². The SMILES string of the molecule is Cc1ccc2c(c1)C(=O)N(C[C@@]1(c3cc4cc(C5CCNCC5)ncc4o3)NC(=O)NC1=O)C2. The van der Waals surface area contributed by atoms with Crippen LogP contribution in [0.5, 0.6) is 0 Å². The standard InChI is InChI=1S/C25H25N5O4/c1-14-2-3-16-12-30(22(31)18(16)8-14)13-25(23(32)28-24(33)29-25)21-10-17-9-19(27-11-20(17)34-21)15-4-6-26-7-5-15/h2-3,8-11,15,26H,4-7,12-13H2,1H3,(H2,28,29,32,33)/t25-/m0/s1. The number of nitrogens with zero attached hydrogens (tertiary/aromatic N) is 2. The number of carbonyl (C=O) groups is 3. The van der Waals surface area contributed by atoms with E-state index in [0.29, 0.717) is 23.6 Å². The second-order valence-corrected chi connectivity index (χ2v) is 9.42. The molecule has 0 spiro atoms. The predicted octanol–water partition coefficient (Wildman–Crippen LogP) is 2.29. The Morgan fingerprint density at radius 3 is 2.74 bits per heavy atom. The lowest BCUT2D eigenvalue weighted by atomic mass is 9.93. The number of benzene rings is 1. The maximum absolute atomic E-state index is 13.1. The third-order valence-corrected chi connectivity index (χ3v) is 7.12. The smallest absolute Gasteiger partial charge is 0.322 e. The molecule has 1 aromatic carbocycles. The zero-order valence-corrected chi connectivity index (χ0v) is 18.8. The van der Waals surface area contributed by atoms with Crippen LogP contribution in [-0.4, -0.2) is 47.4 Å². The van der Waals surface area contributed by atoms with Crippen molar-refractivity contribution >= 4 is 28.8 Å². The van der Waals surface area contributed by atoms with E-state index in [1.165, 1.54) is 0 Å². The topological polar surface area (TPSA) is 117 Å². The number of fused-ring (bicyclic) bond motifs is 2. The highest BCUT2D eigenvalue weighted by molar-refractivity contribution is 6.08. The van der Waals surface area contributed by atoms with Gasteiger partial charge in [0, 0.05) is 29.1 Å². The van der Waals surface area contributed by atoms with E-state index >= 15 is 0 Å². The van der Waals surface area contributed by atoms with E-state index in [4.69, 9.17) is 4.42 Å². The summed E-state index contributed by atoms with van der Waals surface area (Å²) in [6, 6.07) is 8.91. The molecule has 3 N–H and O–H groups in total. The molecule has 4 amide bonds. The van der Waals surface area contributed by atoms with E-state index in [9.17, 15) is 14.4 Å². The van der Waals surface area contributed by atoms with Gasteiger partial charge in [-0.3, -0.25) is 19.9 Å². The van der Waals surface area contributed by atoms with E-state index in [0.717, 1.165) is 48.1 Å². The van der Waals surface area contributed by atoms with Gasteiger partial charge in [-0.2, -0.15) is 0 Å². The van der Waals surface area contributed by atoms with Crippen molar-refractivity contribution < 1.29 is 18.8 Å². The molecule has 34 heavy (non-hydrogen) atoms. The summed E-state index contributed by atoms with van der Waals surface area (Å²) in [5, 5.41) is 9.24. The number of carbonyl (C=O) groups excluding carboxylic acids is 3. The Kier molecular flexibility index (Phi) is 4.70. The van der Waals surface area contributed by atoms with Gasteiger partial charge >= 0.3 is 6.03 Å². The summed E-state index contributed by atoms with van der Waals surface area (Å²) in [4.78, 5) is 44.6. The highest BCUT2D eigenvalue weighted by atomic mass is 16.3. The molecule has 0 bridgehead atoms. The molecule has 174 valence electrons. The van der Waals surface area contributed by atoms with Crippen molar-refractivity contribution in [2.24, 2.45) is 0 Å². The van der Waals surface area contributed by atoms with Gasteiger partial charge in [0.25, 0.3) is 11.8 Å². The first-order valence-electron chi connectivity index (χ1n) is 11.6. The maximum Gasteiger partial charge on any atom is 0.322 e. The minimum atomic E-state index is -1.52. The zero-order valence-electron chi connectivity index (χ0n) is 18.8. The highest BCUT2D eigenvalue weighted by Gasteiger charge is 2.53. The first kappa shape index (κ1) is 20.9. The van der Waals surface area contributed by atoms with Crippen LogP contribution in [0, 0.1) is 6.92 Å². The molecule has 0 aliphatic carbocycles. The van der Waals surface area contributed by atoms with Gasteiger partial charge in [-0.05, 0) is 56.6 Å². The average Bonchev–Trinajstić information content (AvgIpc) is 3.48. The van der Waals surface area contributed by atoms with Crippen molar-refractivity contribution in [2.75, 3.05) is 19.6 Å². The molecular formula is C25H25N5O4. The molecule has 0 radical (unpaired) electrons. The normalized spacial score (nSPS) is 22.9. The molecule has 3 aromatic rings. The van der Waals surface area contributed by atoms with Crippen LogP contribution in [0.2, 0.25) is 0 Å². The summed E-state index contributed by atoms with van der Waals surface area (Å²) in [6.45, 7) is 4.18. The van der Waals surface area contributed by atoms with Gasteiger partial charge in [0.15, 0.2) is 11.1 Å². The second kappa shape index (κ2) is 7.66. The van der Waals surface area contributed by atoms with Crippen LogP contribution in [0.1, 0.15) is 51.7 Å². The molecule has 3 aliphatic heterocycles. The minimum Gasteiger partial charge on any atom is -0.456 e. The Bertz CT molecular complexity index is 1340. The number of piperidine rings is 1. The van der Waals surface area contributed by atoms with E-state index in [-0.39, 0.29) is 18.2 Å². The Balaban J connectivity index is 1.36. The van der Waals surface area contributed by atoms with Gasteiger partial charge in [0.1, 0.15) is 5.76 Å². The third-order valence-electron chi connectivity index (χ3n) is 7.12. The summed E-state index contributed by atoms with van der Waals surface area (Å²) < 4.78 is 6.07. The number of urea groups is 1. The van der Waals surface area contributed by atoms with Gasteiger partial charge < -0.3 is 20.0 Å². The molecular weight excluding hydrogens is 434 g/mol. The number of amides is 4. The third kappa shape index (κ3) is 3.27. The molecule has 1 atom stereocenters. The number of imide groups is 1. The number of aromatic nitrogens is 1. The molecule has 0 saturated carbocycles. The summed E-state index contributed by atoms with van der Waals surface area (Å²) in [5.41, 5.74) is 2.53. The number of pyridine rings is 1. The number of aryl methyl sites for hydroxylation is 1. The van der Waals surface area contributed by atoms with E-state index < -0.39 is 17.5 Å². The first-order valence-corrected chi connectivity index (χ1v) is 11.6. The summed E-state index contributed by atoms with van der Waals surface area (Å²) in [5.74, 6) is -0.0484. The largest absolute Gasteiger partial charge is 0.456 e. The lowest BCUT2D eigenvalue weighted by Gasteiger charge is -2.29. The number of rotatable bonds is 4. The highest BCUT2D eigenvalue weighted by Crippen LogP contribution is 2.35. The zero-order chi connectivity index (χ0) is 23.4. The molecule has 2 saturated heterocycles. The van der Waals surface area contributed by atoms with Crippen LogP contribution in [0.15, 0.2) is 40.9 Å². The molecule has 2 aromatic heterocycles. The second-order valence-electron chi connectivity index (χ2n) is 9.42. The first-order chi connectivity index (χ1) is 16.4. The molecule has 2 fully saturated rings. The lowest BCUT2D eigenvalue weighted by Crippen LogP contribution is -2.52. The van der Waals surface area contributed by atoms with Gasteiger partial charge in [0.05, 0.1) is 12.7 Å². The van der Waals surface area contributed by atoms with Crippen LogP contribution in [-0.2, 0) is 16.9 Å². The van der Waals surface area contributed by atoms with Crippen LogP contribution < -0.4 is 16.0 Å². The monoisotopic (exact) mass is 459 g/mol. The van der Waals surface area contributed by atoms with Gasteiger partial charge in [-0.15, -0.1) is 0 Å². The fourth-order valence-electron chi connectivity index (χ4n) is 5.26. The van der Waals surface area contributed by atoms with Crippen molar-refractivity contribution in [1.29, 1.82) is 0 Å². The van der Waals surface area contributed by atoms with Gasteiger partial charge in [-0.1, -0.05) is 17.7 Å². The van der Waals surface area contributed by atoms with Crippen LogP contribution in [0.4, 0.5) is 4.79 Å². The predicted molar refractivity (Wildman–Crippen MR) is 123 cm³/mol. The summed E-state index contributed by atoms with van der Waals surface area (Å²) in [7, 11) is 0. The molecule has 5 heterocycles. The molecule has 0 unspecified atom stereocenters. The molecule has 9 nitrogen and oxygen atoms in total.